The maximum absolute atomic E-state index is 13.8. The highest BCUT2D eigenvalue weighted by Crippen LogP contribution is 2.29. The summed E-state index contributed by atoms with van der Waals surface area (Å²) in [7, 11) is 1.62. The first-order chi connectivity index (χ1) is 9.65. The van der Waals surface area contributed by atoms with E-state index in [9.17, 15) is 4.39 Å². The van der Waals surface area contributed by atoms with Crippen molar-refractivity contribution in [3.8, 4) is 0 Å². The molecule has 0 atom stereocenters. The number of nitrogens with zero attached hydrogens (tertiary/aromatic N) is 4. The van der Waals surface area contributed by atoms with Gasteiger partial charge in [0.1, 0.15) is 0 Å². The third-order valence-electron chi connectivity index (χ3n) is 4.04. The second-order valence-electron chi connectivity index (χ2n) is 5.48. The standard InChI is InChI=1S/C14H20FN5/c1-10-13(14(15)19(2)18-10)8-16-11-7-17-20(9-11)12-5-3-4-6-12/h7,9,12,16H,3-6,8H2,1-2H3. The summed E-state index contributed by atoms with van der Waals surface area (Å²) in [5.74, 6) is -0.279. The van der Waals surface area contributed by atoms with E-state index in [1.54, 1.807) is 7.05 Å². The lowest BCUT2D eigenvalue weighted by atomic mass is 10.2. The molecule has 0 aliphatic heterocycles. The Labute approximate surface area is 117 Å². The van der Waals surface area contributed by atoms with E-state index < -0.39 is 0 Å². The molecule has 0 saturated heterocycles. The van der Waals surface area contributed by atoms with Crippen molar-refractivity contribution in [2.75, 3.05) is 5.32 Å². The molecule has 0 amide bonds. The lowest BCUT2D eigenvalue weighted by molar-refractivity contribution is 0.467. The summed E-state index contributed by atoms with van der Waals surface area (Å²) in [6.07, 6.45) is 8.80. The first-order valence-corrected chi connectivity index (χ1v) is 7.11. The van der Waals surface area contributed by atoms with Crippen LogP contribution >= 0.6 is 0 Å². The zero-order chi connectivity index (χ0) is 14.1. The van der Waals surface area contributed by atoms with Gasteiger partial charge in [0.15, 0.2) is 0 Å². The van der Waals surface area contributed by atoms with Gasteiger partial charge in [-0.05, 0) is 19.8 Å². The number of hydrogen-bond donors (Lipinski definition) is 1. The van der Waals surface area contributed by atoms with E-state index in [4.69, 9.17) is 0 Å². The molecule has 108 valence electrons. The highest BCUT2D eigenvalue weighted by molar-refractivity contribution is 5.39. The second-order valence-corrected chi connectivity index (χ2v) is 5.48. The molecule has 0 aromatic carbocycles. The van der Waals surface area contributed by atoms with Crippen LogP contribution in [0.2, 0.25) is 0 Å². The molecule has 2 aromatic rings. The fourth-order valence-electron chi connectivity index (χ4n) is 2.86. The van der Waals surface area contributed by atoms with E-state index in [1.807, 2.05) is 24.0 Å². The van der Waals surface area contributed by atoms with Crippen LogP contribution in [0.1, 0.15) is 43.0 Å². The number of aromatic nitrogens is 4. The van der Waals surface area contributed by atoms with Gasteiger partial charge in [-0.25, -0.2) is 4.68 Å². The van der Waals surface area contributed by atoms with Crippen LogP contribution in [0.3, 0.4) is 0 Å². The van der Waals surface area contributed by atoms with Crippen molar-refractivity contribution in [1.29, 1.82) is 0 Å². The molecule has 1 aliphatic carbocycles. The minimum Gasteiger partial charge on any atom is -0.378 e. The Kier molecular flexibility index (Phi) is 3.46. The average Bonchev–Trinajstić information content (AvgIpc) is 3.12. The van der Waals surface area contributed by atoms with Crippen LogP contribution in [0.4, 0.5) is 10.1 Å². The Bertz CT molecular complexity index is 595. The molecule has 1 aliphatic rings. The summed E-state index contributed by atoms with van der Waals surface area (Å²) in [6.45, 7) is 2.25. The Hall–Kier alpha value is -1.85. The maximum atomic E-state index is 13.8. The van der Waals surface area contributed by atoms with Crippen molar-refractivity contribution in [3.05, 3.63) is 29.6 Å². The molecular weight excluding hydrogens is 257 g/mol. The lowest BCUT2D eigenvalue weighted by Gasteiger charge is -2.08. The SMILES string of the molecule is Cc1nn(C)c(F)c1CNc1cnn(C2CCCC2)c1. The summed E-state index contributed by atoms with van der Waals surface area (Å²) >= 11 is 0. The quantitative estimate of drug-likeness (QED) is 0.934. The van der Waals surface area contributed by atoms with Gasteiger partial charge in [0.25, 0.3) is 0 Å². The zero-order valence-electron chi connectivity index (χ0n) is 11.9. The smallest absolute Gasteiger partial charge is 0.216 e. The third kappa shape index (κ3) is 2.42. The van der Waals surface area contributed by atoms with Crippen LogP contribution in [0.5, 0.6) is 0 Å². The van der Waals surface area contributed by atoms with Gasteiger partial charge in [-0.3, -0.25) is 4.68 Å². The van der Waals surface area contributed by atoms with Crippen molar-refractivity contribution in [2.24, 2.45) is 7.05 Å². The Balaban J connectivity index is 1.66. The molecule has 1 saturated carbocycles. The largest absolute Gasteiger partial charge is 0.378 e. The molecule has 20 heavy (non-hydrogen) atoms. The van der Waals surface area contributed by atoms with Gasteiger partial charge in [-0.15, -0.1) is 0 Å². The van der Waals surface area contributed by atoms with E-state index in [0.29, 0.717) is 18.2 Å². The van der Waals surface area contributed by atoms with Gasteiger partial charge in [0.05, 0.1) is 23.6 Å². The molecule has 6 heteroatoms. The van der Waals surface area contributed by atoms with E-state index >= 15 is 0 Å². The molecule has 2 aromatic heterocycles. The van der Waals surface area contributed by atoms with Gasteiger partial charge >= 0.3 is 0 Å². The fourth-order valence-corrected chi connectivity index (χ4v) is 2.86. The van der Waals surface area contributed by atoms with Crippen LogP contribution in [0.15, 0.2) is 12.4 Å². The van der Waals surface area contributed by atoms with Crippen molar-refractivity contribution in [1.82, 2.24) is 19.6 Å². The topological polar surface area (TPSA) is 47.7 Å². The average molecular weight is 277 g/mol. The molecule has 1 N–H and O–H groups in total. The molecule has 1 fully saturated rings. The highest BCUT2D eigenvalue weighted by Gasteiger charge is 2.18. The molecule has 0 radical (unpaired) electrons. The van der Waals surface area contributed by atoms with Crippen molar-refractivity contribution >= 4 is 5.69 Å². The number of halogens is 1. The fraction of sp³-hybridized carbons (Fsp3) is 0.571. The summed E-state index contributed by atoms with van der Waals surface area (Å²) in [5.41, 5.74) is 2.27. The predicted octanol–water partition coefficient (Wildman–Crippen LogP) is 2.79. The van der Waals surface area contributed by atoms with Crippen LogP contribution in [-0.2, 0) is 13.6 Å². The molecule has 0 unspecified atom stereocenters. The van der Waals surface area contributed by atoms with Crippen molar-refractivity contribution in [3.63, 3.8) is 0 Å². The van der Waals surface area contributed by atoms with E-state index in [1.165, 1.54) is 30.4 Å². The Morgan fingerprint density at radius 3 is 2.80 bits per heavy atom. The van der Waals surface area contributed by atoms with Crippen LogP contribution < -0.4 is 5.32 Å². The normalized spacial score (nSPS) is 15.9. The molecule has 0 bridgehead atoms. The van der Waals surface area contributed by atoms with E-state index in [-0.39, 0.29) is 5.95 Å². The summed E-state index contributed by atoms with van der Waals surface area (Å²) in [6, 6.07) is 0.530. The first-order valence-electron chi connectivity index (χ1n) is 7.11. The molecule has 0 spiro atoms. The van der Waals surface area contributed by atoms with Crippen LogP contribution in [0, 0.1) is 12.9 Å². The van der Waals surface area contributed by atoms with Gasteiger partial charge < -0.3 is 5.32 Å². The van der Waals surface area contributed by atoms with Crippen molar-refractivity contribution < 1.29 is 4.39 Å². The third-order valence-corrected chi connectivity index (χ3v) is 4.04. The first kappa shape index (κ1) is 13.1. The molecule has 5 nitrogen and oxygen atoms in total. The lowest BCUT2D eigenvalue weighted by Crippen LogP contribution is -2.05. The summed E-state index contributed by atoms with van der Waals surface area (Å²) < 4.78 is 17.1. The zero-order valence-corrected chi connectivity index (χ0v) is 11.9. The van der Waals surface area contributed by atoms with Gasteiger partial charge in [0.2, 0.25) is 5.95 Å². The highest BCUT2D eigenvalue weighted by atomic mass is 19.1. The monoisotopic (exact) mass is 277 g/mol. The van der Waals surface area contributed by atoms with Crippen LogP contribution in [0.25, 0.3) is 0 Å². The Morgan fingerprint density at radius 1 is 1.40 bits per heavy atom. The summed E-state index contributed by atoms with van der Waals surface area (Å²) in [4.78, 5) is 0. The predicted molar refractivity (Wildman–Crippen MR) is 75.0 cm³/mol. The van der Waals surface area contributed by atoms with Crippen molar-refractivity contribution in [2.45, 2.75) is 45.2 Å². The minimum absolute atomic E-state index is 0.279. The number of aryl methyl sites for hydroxylation is 2. The molecule has 2 heterocycles. The van der Waals surface area contributed by atoms with E-state index in [0.717, 1.165) is 11.4 Å². The van der Waals surface area contributed by atoms with Gasteiger partial charge in [-0.2, -0.15) is 14.6 Å². The Morgan fingerprint density at radius 2 is 2.15 bits per heavy atom. The molecular formula is C14H20FN5. The number of nitrogens with one attached hydrogen (secondary N) is 1. The second kappa shape index (κ2) is 5.26. The number of anilines is 1. The van der Waals surface area contributed by atoms with Crippen LogP contribution in [-0.4, -0.2) is 19.6 Å². The minimum atomic E-state index is -0.279. The summed E-state index contributed by atoms with van der Waals surface area (Å²) in [5, 5.41) is 11.7. The van der Waals surface area contributed by atoms with Gasteiger partial charge in [-0.1, -0.05) is 12.8 Å². The number of rotatable bonds is 4. The number of hydrogen-bond acceptors (Lipinski definition) is 3. The maximum Gasteiger partial charge on any atom is 0.216 e. The molecule has 3 rings (SSSR count). The van der Waals surface area contributed by atoms with E-state index in [2.05, 4.69) is 15.5 Å². The van der Waals surface area contributed by atoms with Gasteiger partial charge in [0, 0.05) is 25.4 Å².